The molecule has 0 aliphatic heterocycles. The highest BCUT2D eigenvalue weighted by Gasteiger charge is 2.29. The molecule has 5 nitrogen and oxygen atoms in total. The lowest BCUT2D eigenvalue weighted by molar-refractivity contribution is -0.137. The lowest BCUT2D eigenvalue weighted by Gasteiger charge is -2.22. The number of halogens is 3. The molecule has 24 heavy (non-hydrogen) atoms. The summed E-state index contributed by atoms with van der Waals surface area (Å²) in [5.74, 6) is -0.481. The number of rotatable bonds is 7. The minimum absolute atomic E-state index is 0.0774. The summed E-state index contributed by atoms with van der Waals surface area (Å²) in [6, 6.07) is 4.23. The first-order valence-electron chi connectivity index (χ1n) is 7.47. The molecule has 1 N–H and O–H groups in total. The fourth-order valence-corrected chi connectivity index (χ4v) is 1.95. The van der Waals surface area contributed by atoms with Crippen LogP contribution >= 0.6 is 0 Å². The SMILES string of the molecule is CC(=O)N(CCC(=O)Nc1ccc(C(F)(F)F)cc1)CCN(C)C. The molecular weight excluding hydrogens is 323 g/mol. The van der Waals surface area contributed by atoms with Gasteiger partial charge < -0.3 is 15.1 Å². The topological polar surface area (TPSA) is 52.7 Å². The van der Waals surface area contributed by atoms with Crippen molar-refractivity contribution < 1.29 is 22.8 Å². The predicted molar refractivity (Wildman–Crippen MR) is 85.5 cm³/mol. The van der Waals surface area contributed by atoms with E-state index >= 15 is 0 Å². The second kappa shape index (κ2) is 8.68. The number of nitrogens with one attached hydrogen (secondary N) is 1. The molecule has 0 saturated carbocycles. The highest BCUT2D eigenvalue weighted by molar-refractivity contribution is 5.91. The number of hydrogen-bond donors (Lipinski definition) is 1. The Balaban J connectivity index is 2.51. The van der Waals surface area contributed by atoms with Crippen LogP contribution in [0, 0.1) is 0 Å². The van der Waals surface area contributed by atoms with Gasteiger partial charge in [0.15, 0.2) is 0 Å². The Labute approximate surface area is 139 Å². The number of alkyl halides is 3. The van der Waals surface area contributed by atoms with Gasteiger partial charge in [-0.3, -0.25) is 9.59 Å². The first-order chi connectivity index (χ1) is 11.1. The Morgan fingerprint density at radius 1 is 1.04 bits per heavy atom. The zero-order chi connectivity index (χ0) is 18.3. The van der Waals surface area contributed by atoms with Gasteiger partial charge in [0.2, 0.25) is 11.8 Å². The largest absolute Gasteiger partial charge is 0.416 e. The molecule has 0 atom stereocenters. The van der Waals surface area contributed by atoms with E-state index in [1.807, 2.05) is 19.0 Å². The summed E-state index contributed by atoms with van der Waals surface area (Å²) < 4.78 is 37.4. The summed E-state index contributed by atoms with van der Waals surface area (Å²) >= 11 is 0. The van der Waals surface area contributed by atoms with Gasteiger partial charge in [-0.15, -0.1) is 0 Å². The van der Waals surface area contributed by atoms with Gasteiger partial charge in [-0.05, 0) is 38.4 Å². The molecule has 0 radical (unpaired) electrons. The van der Waals surface area contributed by atoms with Crippen LogP contribution in [-0.4, -0.2) is 55.3 Å². The maximum absolute atomic E-state index is 12.5. The van der Waals surface area contributed by atoms with Gasteiger partial charge in [-0.2, -0.15) is 13.2 Å². The molecule has 0 aliphatic rings. The number of hydrogen-bond acceptors (Lipinski definition) is 3. The van der Waals surface area contributed by atoms with Crippen LogP contribution in [0.4, 0.5) is 18.9 Å². The average molecular weight is 345 g/mol. The van der Waals surface area contributed by atoms with E-state index in [0.29, 0.717) is 13.1 Å². The van der Waals surface area contributed by atoms with E-state index < -0.39 is 11.7 Å². The van der Waals surface area contributed by atoms with Crippen LogP contribution in [0.2, 0.25) is 0 Å². The number of anilines is 1. The third kappa shape index (κ3) is 6.99. The maximum Gasteiger partial charge on any atom is 0.416 e. The standard InChI is InChI=1S/C16H22F3N3O2/c1-12(23)22(11-10-21(2)3)9-8-15(24)20-14-6-4-13(5-7-14)16(17,18)19/h4-7H,8-11H2,1-3H3,(H,20,24). The second-order valence-electron chi connectivity index (χ2n) is 5.68. The van der Waals surface area contributed by atoms with Crippen molar-refractivity contribution in [1.82, 2.24) is 9.80 Å². The van der Waals surface area contributed by atoms with E-state index in [-0.39, 0.29) is 30.5 Å². The van der Waals surface area contributed by atoms with E-state index in [1.54, 1.807) is 4.90 Å². The first kappa shape index (κ1) is 20.0. The quantitative estimate of drug-likeness (QED) is 0.826. The monoisotopic (exact) mass is 345 g/mol. The summed E-state index contributed by atoms with van der Waals surface area (Å²) in [4.78, 5) is 26.9. The van der Waals surface area contributed by atoms with Crippen LogP contribution in [0.5, 0.6) is 0 Å². The van der Waals surface area contributed by atoms with Gasteiger partial charge >= 0.3 is 6.18 Å². The second-order valence-corrected chi connectivity index (χ2v) is 5.68. The highest BCUT2D eigenvalue weighted by atomic mass is 19.4. The molecule has 0 fully saturated rings. The molecular formula is C16H22F3N3O2. The fourth-order valence-electron chi connectivity index (χ4n) is 1.95. The Morgan fingerprint density at radius 2 is 1.62 bits per heavy atom. The van der Waals surface area contributed by atoms with Crippen LogP contribution in [0.25, 0.3) is 0 Å². The summed E-state index contributed by atoms with van der Waals surface area (Å²) in [6.45, 7) is 2.88. The number of carbonyl (C=O) groups is 2. The third-order valence-corrected chi connectivity index (χ3v) is 3.37. The molecule has 8 heteroatoms. The minimum Gasteiger partial charge on any atom is -0.341 e. The molecule has 0 heterocycles. The van der Waals surface area contributed by atoms with Crippen molar-refractivity contribution in [3.05, 3.63) is 29.8 Å². The zero-order valence-corrected chi connectivity index (χ0v) is 14.0. The molecule has 0 bridgehead atoms. The Morgan fingerprint density at radius 3 is 2.08 bits per heavy atom. The smallest absolute Gasteiger partial charge is 0.341 e. The van der Waals surface area contributed by atoms with Crippen LogP contribution in [0.15, 0.2) is 24.3 Å². The molecule has 1 aromatic carbocycles. The molecule has 134 valence electrons. The molecule has 0 saturated heterocycles. The number of carbonyl (C=O) groups excluding carboxylic acids is 2. The van der Waals surface area contributed by atoms with Gasteiger partial charge in [-0.25, -0.2) is 0 Å². The maximum atomic E-state index is 12.5. The summed E-state index contributed by atoms with van der Waals surface area (Å²) in [6.07, 6.45) is -4.33. The Hall–Kier alpha value is -2.09. The van der Waals surface area contributed by atoms with Gasteiger partial charge in [-0.1, -0.05) is 0 Å². The van der Waals surface area contributed by atoms with Crippen molar-refractivity contribution in [3.8, 4) is 0 Å². The van der Waals surface area contributed by atoms with Crippen molar-refractivity contribution in [2.45, 2.75) is 19.5 Å². The van der Waals surface area contributed by atoms with Crippen LogP contribution < -0.4 is 5.32 Å². The number of nitrogens with zero attached hydrogens (tertiary/aromatic N) is 2. The van der Waals surface area contributed by atoms with Crippen LogP contribution in [0.1, 0.15) is 18.9 Å². The molecule has 0 unspecified atom stereocenters. The van der Waals surface area contributed by atoms with Crippen molar-refractivity contribution in [2.24, 2.45) is 0 Å². The molecule has 1 aromatic rings. The average Bonchev–Trinajstić information content (AvgIpc) is 2.46. The molecule has 0 aromatic heterocycles. The molecule has 2 amide bonds. The normalized spacial score (nSPS) is 11.5. The Kier molecular flexibility index (Phi) is 7.21. The van der Waals surface area contributed by atoms with E-state index in [4.69, 9.17) is 0 Å². The van der Waals surface area contributed by atoms with E-state index in [2.05, 4.69) is 5.32 Å². The third-order valence-electron chi connectivity index (χ3n) is 3.37. The first-order valence-corrected chi connectivity index (χ1v) is 7.47. The van der Waals surface area contributed by atoms with Crippen LogP contribution in [-0.2, 0) is 15.8 Å². The van der Waals surface area contributed by atoms with Gasteiger partial charge in [0.05, 0.1) is 5.56 Å². The molecule has 0 aliphatic carbocycles. The zero-order valence-electron chi connectivity index (χ0n) is 14.0. The lowest BCUT2D eigenvalue weighted by atomic mass is 10.2. The van der Waals surface area contributed by atoms with E-state index in [9.17, 15) is 22.8 Å². The fraction of sp³-hybridized carbons (Fsp3) is 0.500. The van der Waals surface area contributed by atoms with Crippen molar-refractivity contribution in [1.29, 1.82) is 0 Å². The summed E-state index contributed by atoms with van der Waals surface area (Å²) in [5, 5.41) is 2.53. The van der Waals surface area contributed by atoms with Crippen molar-refractivity contribution in [3.63, 3.8) is 0 Å². The van der Waals surface area contributed by atoms with E-state index in [1.165, 1.54) is 19.1 Å². The lowest BCUT2D eigenvalue weighted by Crippen LogP contribution is -2.37. The molecule has 1 rings (SSSR count). The van der Waals surface area contributed by atoms with Crippen molar-refractivity contribution >= 4 is 17.5 Å². The van der Waals surface area contributed by atoms with Gasteiger partial charge in [0.1, 0.15) is 0 Å². The predicted octanol–water partition coefficient (Wildman–Crippen LogP) is 2.44. The Bertz CT molecular complexity index is 557. The number of benzene rings is 1. The van der Waals surface area contributed by atoms with Gasteiger partial charge in [0, 0.05) is 38.7 Å². The van der Waals surface area contributed by atoms with E-state index in [0.717, 1.165) is 12.1 Å². The van der Waals surface area contributed by atoms with Crippen molar-refractivity contribution in [2.75, 3.05) is 39.0 Å². The highest BCUT2D eigenvalue weighted by Crippen LogP contribution is 2.29. The van der Waals surface area contributed by atoms with Crippen LogP contribution in [0.3, 0.4) is 0 Å². The summed E-state index contributed by atoms with van der Waals surface area (Å²) in [7, 11) is 3.77. The number of amides is 2. The summed E-state index contributed by atoms with van der Waals surface area (Å²) in [5.41, 5.74) is -0.484. The van der Waals surface area contributed by atoms with Gasteiger partial charge in [0.25, 0.3) is 0 Å². The minimum atomic E-state index is -4.41. The number of likely N-dealkylation sites (N-methyl/N-ethyl adjacent to an activating group) is 1. The molecule has 0 spiro atoms.